The number of hydrogen-bond donors (Lipinski definition) is 3. The highest BCUT2D eigenvalue weighted by Gasteiger charge is 2.22. The van der Waals surface area contributed by atoms with Gasteiger partial charge in [0.05, 0.1) is 6.04 Å². The fourth-order valence-electron chi connectivity index (χ4n) is 2.26. The van der Waals surface area contributed by atoms with Crippen LogP contribution in [0.25, 0.3) is 0 Å². The fourth-order valence-corrected chi connectivity index (χ4v) is 2.26. The Labute approximate surface area is 125 Å². The van der Waals surface area contributed by atoms with Gasteiger partial charge in [-0.1, -0.05) is 0 Å². The first-order valence-electron chi connectivity index (χ1n) is 7.32. The summed E-state index contributed by atoms with van der Waals surface area (Å²) < 4.78 is 0. The molecule has 0 bridgehead atoms. The molecule has 114 valence electrons. The lowest BCUT2D eigenvalue weighted by atomic mass is 10.1. The van der Waals surface area contributed by atoms with Gasteiger partial charge < -0.3 is 16.0 Å². The second-order valence-corrected chi connectivity index (χ2v) is 6.42. The first-order valence-corrected chi connectivity index (χ1v) is 7.32. The third kappa shape index (κ3) is 4.56. The molecule has 1 saturated heterocycles. The standard InChI is InChI=1S/C16H23N3O2/c1-16(2,3)19-14(20)11-6-8-12(9-7-11)18-15(21)13-5-4-10-17-13/h6-9,13,17H,4-5,10H2,1-3H3,(H,18,21)(H,19,20). The smallest absolute Gasteiger partial charge is 0.251 e. The van der Waals surface area contributed by atoms with Crippen molar-refractivity contribution in [1.29, 1.82) is 0 Å². The molecule has 5 nitrogen and oxygen atoms in total. The molecule has 1 aliphatic heterocycles. The van der Waals surface area contributed by atoms with Crippen molar-refractivity contribution in [2.24, 2.45) is 0 Å². The van der Waals surface area contributed by atoms with E-state index in [1.165, 1.54) is 0 Å². The number of rotatable bonds is 3. The Kier molecular flexibility index (Phi) is 4.63. The number of benzene rings is 1. The van der Waals surface area contributed by atoms with E-state index >= 15 is 0 Å². The minimum atomic E-state index is -0.266. The summed E-state index contributed by atoms with van der Waals surface area (Å²) in [5.41, 5.74) is 1.03. The van der Waals surface area contributed by atoms with E-state index in [1.54, 1.807) is 24.3 Å². The zero-order valence-corrected chi connectivity index (χ0v) is 12.8. The molecule has 5 heteroatoms. The van der Waals surface area contributed by atoms with Crippen LogP contribution in [0.4, 0.5) is 5.69 Å². The normalized spacial score (nSPS) is 18.3. The minimum absolute atomic E-state index is 0.0145. The molecule has 1 fully saturated rings. The van der Waals surface area contributed by atoms with Crippen LogP contribution in [0.5, 0.6) is 0 Å². The summed E-state index contributed by atoms with van der Waals surface area (Å²) in [6.07, 6.45) is 1.90. The quantitative estimate of drug-likeness (QED) is 0.796. The SMILES string of the molecule is CC(C)(C)NC(=O)c1ccc(NC(=O)C2CCCN2)cc1. The number of carbonyl (C=O) groups is 2. The Morgan fingerprint density at radius 3 is 2.38 bits per heavy atom. The Hall–Kier alpha value is -1.88. The first kappa shape index (κ1) is 15.5. The molecule has 1 aliphatic rings. The monoisotopic (exact) mass is 289 g/mol. The van der Waals surface area contributed by atoms with Crippen molar-refractivity contribution in [3.05, 3.63) is 29.8 Å². The van der Waals surface area contributed by atoms with E-state index in [-0.39, 0.29) is 23.4 Å². The minimum Gasteiger partial charge on any atom is -0.347 e. The van der Waals surface area contributed by atoms with Crippen LogP contribution in [0.3, 0.4) is 0 Å². The molecule has 21 heavy (non-hydrogen) atoms. The average molecular weight is 289 g/mol. The summed E-state index contributed by atoms with van der Waals surface area (Å²) in [5.74, 6) is -0.128. The first-order chi connectivity index (χ1) is 9.85. The highest BCUT2D eigenvalue weighted by Crippen LogP contribution is 2.13. The van der Waals surface area contributed by atoms with Gasteiger partial charge in [0.1, 0.15) is 0 Å². The second-order valence-electron chi connectivity index (χ2n) is 6.42. The van der Waals surface area contributed by atoms with Gasteiger partial charge in [-0.3, -0.25) is 9.59 Å². The van der Waals surface area contributed by atoms with E-state index < -0.39 is 0 Å². The third-order valence-electron chi connectivity index (χ3n) is 3.28. The highest BCUT2D eigenvalue weighted by atomic mass is 16.2. The number of amides is 2. The second kappa shape index (κ2) is 6.26. The van der Waals surface area contributed by atoms with Crippen molar-refractivity contribution in [1.82, 2.24) is 10.6 Å². The molecule has 0 aliphatic carbocycles. The molecule has 1 unspecified atom stereocenters. The predicted octanol–water partition coefficient (Wildman–Crippen LogP) is 1.91. The van der Waals surface area contributed by atoms with Gasteiger partial charge in [0.15, 0.2) is 0 Å². The molecule has 3 N–H and O–H groups in total. The molecule has 2 amide bonds. The Morgan fingerprint density at radius 2 is 1.86 bits per heavy atom. The largest absolute Gasteiger partial charge is 0.347 e. The van der Waals surface area contributed by atoms with Crippen molar-refractivity contribution in [3.8, 4) is 0 Å². The van der Waals surface area contributed by atoms with Gasteiger partial charge in [0.25, 0.3) is 5.91 Å². The van der Waals surface area contributed by atoms with Crippen LogP contribution in [-0.2, 0) is 4.79 Å². The zero-order valence-electron chi connectivity index (χ0n) is 12.8. The summed E-state index contributed by atoms with van der Waals surface area (Å²) in [6, 6.07) is 6.85. The van der Waals surface area contributed by atoms with E-state index in [0.29, 0.717) is 11.3 Å². The molecule has 2 rings (SSSR count). The molecular formula is C16H23N3O2. The molecule has 1 aromatic rings. The average Bonchev–Trinajstić information content (AvgIpc) is 2.91. The van der Waals surface area contributed by atoms with Gasteiger partial charge >= 0.3 is 0 Å². The van der Waals surface area contributed by atoms with Crippen LogP contribution in [-0.4, -0.2) is 29.9 Å². The van der Waals surface area contributed by atoms with Gasteiger partial charge in [0.2, 0.25) is 5.91 Å². The summed E-state index contributed by atoms with van der Waals surface area (Å²) in [6.45, 7) is 6.71. The lowest BCUT2D eigenvalue weighted by molar-refractivity contribution is -0.117. The number of nitrogens with one attached hydrogen (secondary N) is 3. The molecule has 1 aromatic carbocycles. The van der Waals surface area contributed by atoms with E-state index in [1.807, 2.05) is 20.8 Å². The van der Waals surface area contributed by atoms with Gasteiger partial charge in [-0.25, -0.2) is 0 Å². The summed E-state index contributed by atoms with van der Waals surface area (Å²) in [7, 11) is 0. The Balaban J connectivity index is 1.95. The zero-order chi connectivity index (χ0) is 15.5. The van der Waals surface area contributed by atoms with Crippen molar-refractivity contribution >= 4 is 17.5 Å². The van der Waals surface area contributed by atoms with Crippen LogP contribution in [0, 0.1) is 0 Å². The van der Waals surface area contributed by atoms with E-state index in [9.17, 15) is 9.59 Å². The Morgan fingerprint density at radius 1 is 1.19 bits per heavy atom. The highest BCUT2D eigenvalue weighted by molar-refractivity contribution is 5.97. The van der Waals surface area contributed by atoms with Gasteiger partial charge in [-0.05, 0) is 64.4 Å². The number of carbonyl (C=O) groups excluding carboxylic acids is 2. The molecule has 1 heterocycles. The molecule has 0 saturated carbocycles. The van der Waals surface area contributed by atoms with Crippen LogP contribution in [0.1, 0.15) is 44.0 Å². The van der Waals surface area contributed by atoms with Crippen molar-refractivity contribution in [2.75, 3.05) is 11.9 Å². The third-order valence-corrected chi connectivity index (χ3v) is 3.28. The Bertz CT molecular complexity index is 511. The molecular weight excluding hydrogens is 266 g/mol. The van der Waals surface area contributed by atoms with Crippen molar-refractivity contribution in [3.63, 3.8) is 0 Å². The van der Waals surface area contributed by atoms with Crippen LogP contribution in [0.2, 0.25) is 0 Å². The van der Waals surface area contributed by atoms with E-state index in [2.05, 4.69) is 16.0 Å². The fraction of sp³-hybridized carbons (Fsp3) is 0.500. The lowest BCUT2D eigenvalue weighted by Gasteiger charge is -2.20. The topological polar surface area (TPSA) is 70.2 Å². The maximum absolute atomic E-state index is 12.0. The van der Waals surface area contributed by atoms with Crippen molar-refractivity contribution < 1.29 is 9.59 Å². The molecule has 0 radical (unpaired) electrons. The number of anilines is 1. The van der Waals surface area contributed by atoms with Crippen LogP contribution >= 0.6 is 0 Å². The summed E-state index contributed by atoms with van der Waals surface area (Å²) >= 11 is 0. The van der Waals surface area contributed by atoms with E-state index in [0.717, 1.165) is 19.4 Å². The number of hydrogen-bond acceptors (Lipinski definition) is 3. The molecule has 0 spiro atoms. The summed E-state index contributed by atoms with van der Waals surface area (Å²) in [4.78, 5) is 24.0. The van der Waals surface area contributed by atoms with Gasteiger partial charge in [0, 0.05) is 16.8 Å². The van der Waals surface area contributed by atoms with Crippen LogP contribution in [0.15, 0.2) is 24.3 Å². The maximum atomic E-state index is 12.0. The van der Waals surface area contributed by atoms with E-state index in [4.69, 9.17) is 0 Å². The van der Waals surface area contributed by atoms with Gasteiger partial charge in [-0.2, -0.15) is 0 Å². The maximum Gasteiger partial charge on any atom is 0.251 e. The van der Waals surface area contributed by atoms with Gasteiger partial charge in [-0.15, -0.1) is 0 Å². The van der Waals surface area contributed by atoms with Crippen molar-refractivity contribution in [2.45, 2.75) is 45.2 Å². The molecule has 0 aromatic heterocycles. The molecule has 1 atom stereocenters. The van der Waals surface area contributed by atoms with Crippen LogP contribution < -0.4 is 16.0 Å². The lowest BCUT2D eigenvalue weighted by Crippen LogP contribution is -2.40. The predicted molar refractivity (Wildman–Crippen MR) is 83.3 cm³/mol. The summed E-state index contributed by atoms with van der Waals surface area (Å²) in [5, 5.41) is 8.93.